The van der Waals surface area contributed by atoms with Crippen molar-refractivity contribution >= 4 is 5.91 Å². The lowest BCUT2D eigenvalue weighted by atomic mass is 9.76. The van der Waals surface area contributed by atoms with Gasteiger partial charge in [0.15, 0.2) is 0 Å². The van der Waals surface area contributed by atoms with Gasteiger partial charge in [0, 0.05) is 45.9 Å². The molecule has 1 fully saturated rings. The van der Waals surface area contributed by atoms with Gasteiger partial charge in [0.25, 0.3) is 0 Å². The first-order valence-corrected chi connectivity index (χ1v) is 7.64. The van der Waals surface area contributed by atoms with E-state index >= 15 is 0 Å². The summed E-state index contributed by atoms with van der Waals surface area (Å²) in [5, 5.41) is 0. The summed E-state index contributed by atoms with van der Waals surface area (Å²) in [7, 11) is 3.35. The third kappa shape index (κ3) is 5.04. The molecule has 0 spiro atoms. The van der Waals surface area contributed by atoms with Gasteiger partial charge in [0.05, 0.1) is 6.61 Å². The Balaban J connectivity index is 2.59. The van der Waals surface area contributed by atoms with Crippen molar-refractivity contribution in [2.45, 2.75) is 38.6 Å². The molecule has 1 aliphatic carbocycles. The predicted molar refractivity (Wildman–Crippen MR) is 79.4 cm³/mol. The predicted octanol–water partition coefficient (Wildman–Crippen LogP) is 1.26. The highest BCUT2D eigenvalue weighted by Gasteiger charge is 2.34. The van der Waals surface area contributed by atoms with Gasteiger partial charge in [-0.1, -0.05) is 13.3 Å². The number of hydrogen-bond donors (Lipinski definition) is 1. The summed E-state index contributed by atoms with van der Waals surface area (Å²) >= 11 is 0. The minimum atomic E-state index is 0.0677. The maximum absolute atomic E-state index is 12.7. The molecule has 1 aliphatic rings. The van der Waals surface area contributed by atoms with E-state index in [1.54, 1.807) is 14.2 Å². The van der Waals surface area contributed by atoms with Crippen LogP contribution in [0.5, 0.6) is 0 Å². The molecular weight excluding hydrogens is 256 g/mol. The number of carbonyl (C=O) groups is 1. The Labute approximate surface area is 122 Å². The van der Waals surface area contributed by atoms with Crippen molar-refractivity contribution in [3.63, 3.8) is 0 Å². The quantitative estimate of drug-likeness (QED) is 0.682. The highest BCUT2D eigenvalue weighted by atomic mass is 16.5. The van der Waals surface area contributed by atoms with E-state index < -0.39 is 0 Å². The fourth-order valence-corrected chi connectivity index (χ4v) is 2.91. The summed E-state index contributed by atoms with van der Waals surface area (Å²) in [6.07, 6.45) is 3.91. The van der Waals surface area contributed by atoms with E-state index in [1.165, 1.54) is 0 Å². The molecule has 0 radical (unpaired) electrons. The molecule has 0 aromatic rings. The van der Waals surface area contributed by atoms with Crippen molar-refractivity contribution in [1.29, 1.82) is 0 Å². The molecule has 0 bridgehead atoms. The van der Waals surface area contributed by atoms with Crippen LogP contribution >= 0.6 is 0 Å². The molecule has 118 valence electrons. The lowest BCUT2D eigenvalue weighted by Gasteiger charge is -2.36. The molecule has 1 amide bonds. The number of amides is 1. The molecule has 2 N–H and O–H groups in total. The van der Waals surface area contributed by atoms with Gasteiger partial charge in [-0.3, -0.25) is 4.79 Å². The SMILES string of the molecule is COCCCN(CCOC)C(=O)C1CCCC(N)C1C. The number of hydrogen-bond acceptors (Lipinski definition) is 4. The highest BCUT2D eigenvalue weighted by molar-refractivity contribution is 5.79. The summed E-state index contributed by atoms with van der Waals surface area (Å²) in [5.74, 6) is 0.572. The van der Waals surface area contributed by atoms with Crippen LogP contribution in [0, 0.1) is 11.8 Å². The Bertz CT molecular complexity index is 286. The van der Waals surface area contributed by atoms with E-state index in [-0.39, 0.29) is 23.8 Å². The Morgan fingerprint density at radius 3 is 2.55 bits per heavy atom. The summed E-state index contributed by atoms with van der Waals surface area (Å²) in [6.45, 7) is 4.74. The zero-order valence-electron chi connectivity index (χ0n) is 13.1. The average Bonchev–Trinajstić information content (AvgIpc) is 2.45. The van der Waals surface area contributed by atoms with E-state index in [4.69, 9.17) is 15.2 Å². The molecule has 1 saturated carbocycles. The number of rotatable bonds is 8. The molecule has 3 unspecified atom stereocenters. The lowest BCUT2D eigenvalue weighted by Crippen LogP contribution is -2.47. The van der Waals surface area contributed by atoms with Crippen molar-refractivity contribution in [2.75, 3.05) is 40.5 Å². The van der Waals surface area contributed by atoms with E-state index in [2.05, 4.69) is 6.92 Å². The number of carbonyl (C=O) groups excluding carboxylic acids is 1. The summed E-state index contributed by atoms with van der Waals surface area (Å²) in [4.78, 5) is 14.6. The smallest absolute Gasteiger partial charge is 0.226 e. The Hall–Kier alpha value is -0.650. The van der Waals surface area contributed by atoms with E-state index in [0.717, 1.165) is 32.2 Å². The summed E-state index contributed by atoms with van der Waals surface area (Å²) < 4.78 is 10.2. The Morgan fingerprint density at radius 2 is 1.90 bits per heavy atom. The van der Waals surface area contributed by atoms with Gasteiger partial charge in [-0.15, -0.1) is 0 Å². The van der Waals surface area contributed by atoms with E-state index in [0.29, 0.717) is 19.8 Å². The summed E-state index contributed by atoms with van der Waals surface area (Å²) in [5.41, 5.74) is 6.11. The molecule has 0 aliphatic heterocycles. The average molecular weight is 286 g/mol. The second-order valence-electron chi connectivity index (χ2n) is 5.72. The van der Waals surface area contributed by atoms with Gasteiger partial charge in [-0.05, 0) is 25.2 Å². The van der Waals surface area contributed by atoms with Gasteiger partial charge < -0.3 is 20.1 Å². The van der Waals surface area contributed by atoms with Crippen molar-refractivity contribution in [3.8, 4) is 0 Å². The third-order valence-electron chi connectivity index (χ3n) is 4.33. The number of nitrogens with two attached hydrogens (primary N) is 1. The molecular formula is C15H30N2O3. The highest BCUT2D eigenvalue weighted by Crippen LogP contribution is 2.30. The number of ether oxygens (including phenoxy) is 2. The van der Waals surface area contributed by atoms with Crippen LogP contribution in [0.4, 0.5) is 0 Å². The largest absolute Gasteiger partial charge is 0.385 e. The molecule has 5 nitrogen and oxygen atoms in total. The van der Waals surface area contributed by atoms with Gasteiger partial charge in [-0.2, -0.15) is 0 Å². The molecule has 5 heteroatoms. The van der Waals surface area contributed by atoms with E-state index in [9.17, 15) is 4.79 Å². The maximum atomic E-state index is 12.7. The van der Waals surface area contributed by atoms with Crippen molar-refractivity contribution in [2.24, 2.45) is 17.6 Å². The number of nitrogens with zero attached hydrogens (tertiary/aromatic N) is 1. The molecule has 0 aromatic heterocycles. The third-order valence-corrected chi connectivity index (χ3v) is 4.33. The second-order valence-corrected chi connectivity index (χ2v) is 5.72. The minimum absolute atomic E-state index is 0.0677. The molecule has 3 atom stereocenters. The van der Waals surface area contributed by atoms with Crippen LogP contribution in [-0.2, 0) is 14.3 Å². The molecule has 0 heterocycles. The summed E-state index contributed by atoms with van der Waals surface area (Å²) in [6, 6.07) is 0.154. The van der Waals surface area contributed by atoms with Crippen molar-refractivity contribution in [1.82, 2.24) is 4.90 Å². The fraction of sp³-hybridized carbons (Fsp3) is 0.933. The Kier molecular flexibility index (Phi) is 8.11. The monoisotopic (exact) mass is 286 g/mol. The van der Waals surface area contributed by atoms with Crippen molar-refractivity contribution < 1.29 is 14.3 Å². The van der Waals surface area contributed by atoms with Crippen LogP contribution in [0.3, 0.4) is 0 Å². The normalized spacial score (nSPS) is 26.5. The van der Waals surface area contributed by atoms with Crippen molar-refractivity contribution in [3.05, 3.63) is 0 Å². The first-order valence-electron chi connectivity index (χ1n) is 7.64. The lowest BCUT2D eigenvalue weighted by molar-refractivity contribution is -0.139. The van der Waals surface area contributed by atoms with Crippen LogP contribution in [0.25, 0.3) is 0 Å². The van der Waals surface area contributed by atoms with Crippen LogP contribution in [-0.4, -0.2) is 57.4 Å². The second kappa shape index (κ2) is 9.32. The van der Waals surface area contributed by atoms with Gasteiger partial charge in [-0.25, -0.2) is 0 Å². The first kappa shape index (κ1) is 17.4. The standard InChI is InChI=1S/C15H30N2O3/c1-12-13(6-4-7-14(12)16)15(18)17(9-11-20-3)8-5-10-19-2/h12-14H,4-11,16H2,1-3H3. The topological polar surface area (TPSA) is 64.8 Å². The minimum Gasteiger partial charge on any atom is -0.385 e. The fourth-order valence-electron chi connectivity index (χ4n) is 2.91. The zero-order chi connectivity index (χ0) is 15.0. The van der Waals surface area contributed by atoms with E-state index in [1.807, 2.05) is 4.90 Å². The molecule has 0 saturated heterocycles. The van der Waals surface area contributed by atoms with Crippen LogP contribution in [0.15, 0.2) is 0 Å². The molecule has 1 rings (SSSR count). The van der Waals surface area contributed by atoms with Crippen LogP contribution < -0.4 is 5.73 Å². The van der Waals surface area contributed by atoms with Gasteiger partial charge in [0.1, 0.15) is 0 Å². The van der Waals surface area contributed by atoms with Gasteiger partial charge in [0.2, 0.25) is 5.91 Å². The zero-order valence-corrected chi connectivity index (χ0v) is 13.1. The van der Waals surface area contributed by atoms with Crippen LogP contribution in [0.1, 0.15) is 32.6 Å². The molecule has 0 aromatic carbocycles. The van der Waals surface area contributed by atoms with Crippen LogP contribution in [0.2, 0.25) is 0 Å². The molecule has 20 heavy (non-hydrogen) atoms. The Morgan fingerprint density at radius 1 is 1.20 bits per heavy atom. The van der Waals surface area contributed by atoms with Gasteiger partial charge >= 0.3 is 0 Å². The first-order chi connectivity index (χ1) is 9.61. The maximum Gasteiger partial charge on any atom is 0.226 e. The number of methoxy groups -OCH3 is 2.